The molecule has 7 nitrogen and oxygen atoms in total. The van der Waals surface area contributed by atoms with Crippen molar-refractivity contribution in [2.75, 3.05) is 9.80 Å². The highest BCUT2D eigenvalue weighted by Crippen LogP contribution is 2.55. The first-order valence-corrected chi connectivity index (χ1v) is 8.86. The average Bonchev–Trinajstić information content (AvgIpc) is 3.28. The maximum atomic E-state index is 13.3. The summed E-state index contributed by atoms with van der Waals surface area (Å²) in [5.41, 5.74) is 6.03. The van der Waals surface area contributed by atoms with Crippen LogP contribution in [0.25, 0.3) is 0 Å². The van der Waals surface area contributed by atoms with E-state index in [0.717, 1.165) is 17.0 Å². The van der Waals surface area contributed by atoms with E-state index in [4.69, 9.17) is 5.73 Å². The highest BCUT2D eigenvalue weighted by Gasteiger charge is 2.70. The summed E-state index contributed by atoms with van der Waals surface area (Å²) in [4.78, 5) is 32.9. The number of imide groups is 1. The molecule has 0 radical (unpaired) electrons. The first-order valence-electron chi connectivity index (χ1n) is 8.86. The quantitative estimate of drug-likeness (QED) is 0.788. The molecule has 3 amide bonds. The minimum absolute atomic E-state index is 0.0735. The van der Waals surface area contributed by atoms with Crippen molar-refractivity contribution < 1.29 is 27.5 Å². The second-order valence-electron chi connectivity index (χ2n) is 7.04. The van der Waals surface area contributed by atoms with E-state index in [1.807, 2.05) is 6.92 Å². The van der Waals surface area contributed by atoms with Crippen LogP contribution in [0.5, 0.6) is 5.75 Å². The molecule has 2 aromatic rings. The summed E-state index contributed by atoms with van der Waals surface area (Å²) in [5.74, 6) is -0.930. The number of nitrogens with two attached hydrogens (primary N) is 1. The molecule has 2 N–H and O–H groups in total. The molecule has 2 heterocycles. The van der Waals surface area contributed by atoms with Crippen LogP contribution in [0.2, 0.25) is 0 Å². The molecule has 2 aliphatic rings. The fraction of sp³-hybridized carbons (Fsp3) is 0.316. The van der Waals surface area contributed by atoms with Crippen molar-refractivity contribution in [3.8, 4) is 5.75 Å². The Morgan fingerprint density at radius 3 is 2.45 bits per heavy atom. The van der Waals surface area contributed by atoms with Crippen molar-refractivity contribution in [3.63, 3.8) is 0 Å². The first-order chi connectivity index (χ1) is 13.7. The fourth-order valence-electron chi connectivity index (χ4n) is 3.80. The van der Waals surface area contributed by atoms with E-state index in [0.29, 0.717) is 17.7 Å². The number of aromatic nitrogens is 1. The monoisotopic (exact) mass is 406 g/mol. The van der Waals surface area contributed by atoms with Crippen LogP contribution in [-0.4, -0.2) is 28.8 Å². The van der Waals surface area contributed by atoms with Gasteiger partial charge in [-0.3, -0.25) is 14.7 Å². The number of hydrogen-bond acceptors (Lipinski definition) is 5. The summed E-state index contributed by atoms with van der Waals surface area (Å²) in [6.45, 7) is 2.00. The van der Waals surface area contributed by atoms with Gasteiger partial charge >= 0.3 is 12.4 Å². The van der Waals surface area contributed by atoms with Gasteiger partial charge in [0.15, 0.2) is 0 Å². The van der Waals surface area contributed by atoms with Crippen LogP contribution in [0.1, 0.15) is 18.9 Å². The Morgan fingerprint density at radius 1 is 1.24 bits per heavy atom. The van der Waals surface area contributed by atoms with Crippen molar-refractivity contribution in [2.45, 2.75) is 31.8 Å². The molecular formula is C19H17F3N4O3. The Labute approximate surface area is 163 Å². The number of carbonyl (C=O) groups is 2. The summed E-state index contributed by atoms with van der Waals surface area (Å²) in [5, 5.41) is 0. The van der Waals surface area contributed by atoms with E-state index in [9.17, 15) is 22.8 Å². The second-order valence-corrected chi connectivity index (χ2v) is 7.04. The minimum Gasteiger partial charge on any atom is -0.406 e. The SMILES string of the molecule is CC1CC12C(=O)N(c1ccc(OC(F)(F)F)cc1)C(=O)N2c1ccncc1CN. The molecule has 1 aliphatic heterocycles. The van der Waals surface area contributed by atoms with Gasteiger partial charge in [-0.1, -0.05) is 6.92 Å². The fourth-order valence-corrected chi connectivity index (χ4v) is 3.80. The largest absolute Gasteiger partial charge is 0.573 e. The van der Waals surface area contributed by atoms with Crippen molar-refractivity contribution >= 4 is 23.3 Å². The lowest BCUT2D eigenvalue weighted by molar-refractivity contribution is -0.274. The molecule has 0 bridgehead atoms. The number of nitrogens with zero attached hydrogens (tertiary/aromatic N) is 3. The van der Waals surface area contributed by atoms with Gasteiger partial charge in [-0.25, -0.2) is 9.69 Å². The predicted octanol–water partition coefficient (Wildman–Crippen LogP) is 3.19. The third-order valence-electron chi connectivity index (χ3n) is 5.29. The van der Waals surface area contributed by atoms with Crippen molar-refractivity contribution in [1.29, 1.82) is 0 Å². The Balaban J connectivity index is 1.72. The molecule has 1 aromatic heterocycles. The van der Waals surface area contributed by atoms with Gasteiger partial charge in [-0.15, -0.1) is 13.2 Å². The molecule has 4 rings (SSSR count). The number of anilines is 2. The van der Waals surface area contributed by atoms with Crippen LogP contribution in [-0.2, 0) is 11.3 Å². The summed E-state index contributed by atoms with van der Waals surface area (Å²) in [7, 11) is 0. The van der Waals surface area contributed by atoms with Crippen LogP contribution in [0.4, 0.5) is 29.3 Å². The summed E-state index contributed by atoms with van der Waals surface area (Å²) in [6, 6.07) is 5.67. The van der Waals surface area contributed by atoms with Gasteiger partial charge in [-0.05, 0) is 42.7 Å². The van der Waals surface area contributed by atoms with Crippen LogP contribution in [0.3, 0.4) is 0 Å². The number of benzene rings is 1. The molecule has 1 aromatic carbocycles. The smallest absolute Gasteiger partial charge is 0.406 e. The number of ether oxygens (including phenoxy) is 1. The number of halogens is 3. The van der Waals surface area contributed by atoms with Gasteiger partial charge in [-0.2, -0.15) is 0 Å². The van der Waals surface area contributed by atoms with E-state index in [1.165, 1.54) is 23.2 Å². The number of amides is 3. The number of hydrogen-bond donors (Lipinski definition) is 1. The number of rotatable bonds is 4. The molecule has 152 valence electrons. The van der Waals surface area contributed by atoms with Gasteiger partial charge in [0, 0.05) is 24.5 Å². The average molecular weight is 406 g/mol. The Bertz CT molecular complexity index is 979. The van der Waals surface area contributed by atoms with E-state index in [2.05, 4.69) is 9.72 Å². The molecule has 29 heavy (non-hydrogen) atoms. The minimum atomic E-state index is -4.83. The number of carbonyl (C=O) groups excluding carboxylic acids is 2. The molecule has 2 fully saturated rings. The van der Waals surface area contributed by atoms with E-state index in [1.54, 1.807) is 12.3 Å². The van der Waals surface area contributed by atoms with Crippen LogP contribution in [0.15, 0.2) is 42.7 Å². The number of pyridine rings is 1. The normalized spacial score (nSPS) is 23.8. The second kappa shape index (κ2) is 6.45. The Hall–Kier alpha value is -3.14. The zero-order chi connectivity index (χ0) is 21.0. The summed E-state index contributed by atoms with van der Waals surface area (Å²) < 4.78 is 40.9. The van der Waals surface area contributed by atoms with Gasteiger partial charge in [0.2, 0.25) is 0 Å². The Morgan fingerprint density at radius 2 is 1.90 bits per heavy atom. The van der Waals surface area contributed by atoms with Crippen molar-refractivity contribution in [2.24, 2.45) is 11.7 Å². The Kier molecular flexibility index (Phi) is 4.26. The van der Waals surface area contributed by atoms with E-state index >= 15 is 0 Å². The van der Waals surface area contributed by atoms with Crippen molar-refractivity contribution in [1.82, 2.24) is 4.98 Å². The standard InChI is InChI=1S/C19H17F3N4O3/c1-11-8-18(11)16(27)25(13-2-4-14(5-3-13)29-19(20,21)22)17(28)26(18)15-6-7-24-10-12(15)9-23/h2-7,10-11H,8-9,23H2,1H3. The lowest BCUT2D eigenvalue weighted by atomic mass is 10.1. The van der Waals surface area contributed by atoms with Gasteiger partial charge in [0.25, 0.3) is 5.91 Å². The van der Waals surface area contributed by atoms with Gasteiger partial charge in [0.05, 0.1) is 11.4 Å². The van der Waals surface area contributed by atoms with Gasteiger partial charge < -0.3 is 10.5 Å². The predicted molar refractivity (Wildman–Crippen MR) is 97.1 cm³/mol. The molecule has 2 unspecified atom stereocenters. The van der Waals surface area contributed by atoms with E-state index in [-0.39, 0.29) is 18.2 Å². The molecular weight excluding hydrogens is 389 g/mol. The molecule has 1 saturated carbocycles. The third kappa shape index (κ3) is 3.00. The van der Waals surface area contributed by atoms with Gasteiger partial charge in [0.1, 0.15) is 11.3 Å². The maximum absolute atomic E-state index is 13.3. The zero-order valence-corrected chi connectivity index (χ0v) is 15.3. The highest BCUT2D eigenvalue weighted by molar-refractivity contribution is 6.32. The summed E-state index contributed by atoms with van der Waals surface area (Å²) in [6.07, 6.45) is -1.29. The molecule has 1 aliphatic carbocycles. The number of urea groups is 1. The highest BCUT2D eigenvalue weighted by atomic mass is 19.4. The number of alkyl halides is 3. The van der Waals surface area contributed by atoms with Crippen LogP contribution in [0, 0.1) is 5.92 Å². The molecule has 1 saturated heterocycles. The zero-order valence-electron chi connectivity index (χ0n) is 15.3. The first kappa shape index (κ1) is 19.2. The molecule has 2 atom stereocenters. The summed E-state index contributed by atoms with van der Waals surface area (Å²) >= 11 is 0. The molecule has 1 spiro atoms. The maximum Gasteiger partial charge on any atom is 0.573 e. The lowest BCUT2D eigenvalue weighted by Crippen LogP contribution is -2.39. The topological polar surface area (TPSA) is 88.8 Å². The third-order valence-corrected chi connectivity index (χ3v) is 5.29. The van der Waals surface area contributed by atoms with Crippen LogP contribution < -0.4 is 20.3 Å². The van der Waals surface area contributed by atoms with Crippen molar-refractivity contribution in [3.05, 3.63) is 48.3 Å². The lowest BCUT2D eigenvalue weighted by Gasteiger charge is -2.24. The van der Waals surface area contributed by atoms with Crippen LogP contribution >= 0.6 is 0 Å². The molecule has 10 heteroatoms. The van der Waals surface area contributed by atoms with E-state index < -0.39 is 29.6 Å².